The molecule has 6 heteroatoms. The van der Waals surface area contributed by atoms with E-state index in [9.17, 15) is 9.90 Å². The number of ether oxygens (including phenoxy) is 1. The summed E-state index contributed by atoms with van der Waals surface area (Å²) >= 11 is 0. The number of carboxylic acid groups (broad SMARTS) is 1. The molecule has 0 amide bonds. The molecular weight excluding hydrogens is 270 g/mol. The number of pyridine rings is 2. The first-order valence-electron chi connectivity index (χ1n) is 6.40. The normalized spacial score (nSPS) is 10.7. The first kappa shape index (κ1) is 13.1. The summed E-state index contributed by atoms with van der Waals surface area (Å²) in [5.74, 6) is 0.106. The molecule has 3 aromatic heterocycles. The number of hydrogen-bond acceptors (Lipinski definition) is 4. The van der Waals surface area contributed by atoms with E-state index in [1.54, 1.807) is 35.0 Å². The van der Waals surface area contributed by atoms with Crippen molar-refractivity contribution in [3.05, 3.63) is 59.9 Å². The van der Waals surface area contributed by atoms with Crippen molar-refractivity contribution < 1.29 is 14.6 Å². The van der Waals surface area contributed by atoms with Gasteiger partial charge in [0.2, 0.25) is 0 Å². The standard InChI is InChI=1S/C15H13N3O3/c1-10-4-2-6-12-14(15(19)20)17-13(18(10)12)9-21-11-5-3-7-16-8-11/h2-8H,9H2,1H3,(H,19,20). The Labute approximate surface area is 120 Å². The summed E-state index contributed by atoms with van der Waals surface area (Å²) in [6, 6.07) is 9.00. The molecule has 0 atom stereocenters. The zero-order valence-corrected chi connectivity index (χ0v) is 11.4. The first-order chi connectivity index (χ1) is 10.2. The number of rotatable bonds is 4. The van der Waals surface area contributed by atoms with Crippen molar-refractivity contribution in [3.63, 3.8) is 0 Å². The molecule has 0 saturated carbocycles. The predicted octanol–water partition coefficient (Wildman–Crippen LogP) is 2.31. The molecule has 0 aliphatic rings. The van der Waals surface area contributed by atoms with E-state index < -0.39 is 5.97 Å². The van der Waals surface area contributed by atoms with Gasteiger partial charge in [0.05, 0.1) is 11.7 Å². The molecule has 0 aromatic carbocycles. The maximum Gasteiger partial charge on any atom is 0.356 e. The number of hydrogen-bond donors (Lipinski definition) is 1. The monoisotopic (exact) mass is 283 g/mol. The van der Waals surface area contributed by atoms with E-state index in [-0.39, 0.29) is 12.3 Å². The van der Waals surface area contributed by atoms with Crippen LogP contribution in [0.4, 0.5) is 0 Å². The Balaban J connectivity index is 2.00. The van der Waals surface area contributed by atoms with E-state index in [1.807, 2.05) is 19.1 Å². The lowest BCUT2D eigenvalue weighted by molar-refractivity contribution is 0.0693. The Morgan fingerprint density at radius 1 is 1.33 bits per heavy atom. The molecule has 0 radical (unpaired) electrons. The lowest BCUT2D eigenvalue weighted by Gasteiger charge is -2.06. The molecule has 0 bridgehead atoms. The summed E-state index contributed by atoms with van der Waals surface area (Å²) in [6.45, 7) is 2.07. The smallest absolute Gasteiger partial charge is 0.356 e. The average molecular weight is 283 g/mol. The second kappa shape index (κ2) is 5.24. The van der Waals surface area contributed by atoms with Gasteiger partial charge in [0.25, 0.3) is 0 Å². The highest BCUT2D eigenvalue weighted by atomic mass is 16.5. The Bertz CT molecular complexity index is 797. The third-order valence-corrected chi connectivity index (χ3v) is 3.13. The van der Waals surface area contributed by atoms with E-state index in [4.69, 9.17) is 4.74 Å². The minimum absolute atomic E-state index is 0.0310. The molecule has 3 heterocycles. The summed E-state index contributed by atoms with van der Waals surface area (Å²) in [5, 5.41) is 9.25. The average Bonchev–Trinajstić information content (AvgIpc) is 2.87. The SMILES string of the molecule is Cc1cccc2c(C(=O)O)nc(COc3cccnc3)n12. The minimum Gasteiger partial charge on any atom is -0.484 e. The zero-order chi connectivity index (χ0) is 14.8. The fourth-order valence-corrected chi connectivity index (χ4v) is 2.22. The number of aryl methyl sites for hydroxylation is 1. The van der Waals surface area contributed by atoms with Gasteiger partial charge in [0, 0.05) is 11.9 Å². The van der Waals surface area contributed by atoms with Crippen LogP contribution in [0.1, 0.15) is 22.0 Å². The maximum atomic E-state index is 11.3. The molecule has 3 aromatic rings. The van der Waals surface area contributed by atoms with Crippen LogP contribution in [0.15, 0.2) is 42.7 Å². The van der Waals surface area contributed by atoms with Crippen LogP contribution in [0.2, 0.25) is 0 Å². The molecule has 0 aliphatic heterocycles. The third kappa shape index (κ3) is 2.43. The van der Waals surface area contributed by atoms with E-state index in [0.717, 1.165) is 5.69 Å². The maximum absolute atomic E-state index is 11.3. The van der Waals surface area contributed by atoms with Gasteiger partial charge in [0.1, 0.15) is 12.4 Å². The summed E-state index contributed by atoms with van der Waals surface area (Å²) < 4.78 is 7.40. The second-order valence-electron chi connectivity index (χ2n) is 4.55. The Hall–Kier alpha value is -2.89. The molecule has 0 fully saturated rings. The molecule has 0 aliphatic carbocycles. The number of nitrogens with zero attached hydrogens (tertiary/aromatic N) is 3. The van der Waals surface area contributed by atoms with Gasteiger partial charge in [-0.1, -0.05) is 6.07 Å². The van der Waals surface area contributed by atoms with Crippen LogP contribution in [0.25, 0.3) is 5.52 Å². The molecule has 3 rings (SSSR count). The predicted molar refractivity (Wildman–Crippen MR) is 75.5 cm³/mol. The number of imidazole rings is 1. The highest BCUT2D eigenvalue weighted by Crippen LogP contribution is 2.18. The van der Waals surface area contributed by atoms with Crippen molar-refractivity contribution in [2.75, 3.05) is 0 Å². The van der Waals surface area contributed by atoms with Crippen molar-refractivity contribution in [2.24, 2.45) is 0 Å². The lowest BCUT2D eigenvalue weighted by Crippen LogP contribution is -2.03. The van der Waals surface area contributed by atoms with Crippen LogP contribution in [0.3, 0.4) is 0 Å². The van der Waals surface area contributed by atoms with Gasteiger partial charge in [-0.2, -0.15) is 0 Å². The van der Waals surface area contributed by atoms with Gasteiger partial charge in [-0.25, -0.2) is 9.78 Å². The first-order valence-corrected chi connectivity index (χ1v) is 6.40. The minimum atomic E-state index is -1.05. The summed E-state index contributed by atoms with van der Waals surface area (Å²) in [6.07, 6.45) is 3.26. The molecule has 6 nitrogen and oxygen atoms in total. The Kier molecular flexibility index (Phi) is 3.27. The number of fused-ring (bicyclic) bond motifs is 1. The number of carboxylic acids is 1. The van der Waals surface area contributed by atoms with Crippen LogP contribution < -0.4 is 4.74 Å². The highest BCUT2D eigenvalue weighted by Gasteiger charge is 2.17. The lowest BCUT2D eigenvalue weighted by atomic mass is 10.3. The van der Waals surface area contributed by atoms with Gasteiger partial charge >= 0.3 is 5.97 Å². The van der Waals surface area contributed by atoms with E-state index in [1.165, 1.54) is 0 Å². The number of aromatic nitrogens is 3. The molecular formula is C15H13N3O3. The molecule has 1 N–H and O–H groups in total. The van der Waals surface area contributed by atoms with Crippen molar-refractivity contribution in [1.29, 1.82) is 0 Å². The Morgan fingerprint density at radius 3 is 2.90 bits per heavy atom. The van der Waals surface area contributed by atoms with Crippen LogP contribution >= 0.6 is 0 Å². The largest absolute Gasteiger partial charge is 0.484 e. The fraction of sp³-hybridized carbons (Fsp3) is 0.133. The van der Waals surface area contributed by atoms with Crippen molar-refractivity contribution in [2.45, 2.75) is 13.5 Å². The molecule has 21 heavy (non-hydrogen) atoms. The van der Waals surface area contributed by atoms with Gasteiger partial charge in [-0.3, -0.25) is 9.38 Å². The van der Waals surface area contributed by atoms with Gasteiger partial charge in [-0.05, 0) is 31.2 Å². The second-order valence-corrected chi connectivity index (χ2v) is 4.55. The van der Waals surface area contributed by atoms with Crippen LogP contribution in [-0.2, 0) is 6.61 Å². The fourth-order valence-electron chi connectivity index (χ4n) is 2.22. The van der Waals surface area contributed by atoms with Gasteiger partial charge in [0.15, 0.2) is 11.5 Å². The summed E-state index contributed by atoms with van der Waals surface area (Å²) in [5.41, 5.74) is 1.49. The van der Waals surface area contributed by atoms with Crippen molar-refractivity contribution in [1.82, 2.24) is 14.4 Å². The van der Waals surface area contributed by atoms with Crippen LogP contribution in [-0.4, -0.2) is 25.4 Å². The van der Waals surface area contributed by atoms with Crippen molar-refractivity contribution >= 4 is 11.5 Å². The summed E-state index contributed by atoms with van der Waals surface area (Å²) in [7, 11) is 0. The number of aromatic carboxylic acids is 1. The molecule has 0 saturated heterocycles. The number of carbonyl (C=O) groups is 1. The molecule has 0 unspecified atom stereocenters. The topological polar surface area (TPSA) is 76.7 Å². The van der Waals surface area contributed by atoms with E-state index in [2.05, 4.69) is 9.97 Å². The van der Waals surface area contributed by atoms with E-state index in [0.29, 0.717) is 17.1 Å². The third-order valence-electron chi connectivity index (χ3n) is 3.13. The molecule has 0 spiro atoms. The van der Waals surface area contributed by atoms with Crippen molar-refractivity contribution in [3.8, 4) is 5.75 Å². The van der Waals surface area contributed by atoms with Gasteiger partial charge < -0.3 is 9.84 Å². The zero-order valence-electron chi connectivity index (χ0n) is 11.4. The van der Waals surface area contributed by atoms with E-state index >= 15 is 0 Å². The van der Waals surface area contributed by atoms with Gasteiger partial charge in [-0.15, -0.1) is 0 Å². The van der Waals surface area contributed by atoms with Crippen LogP contribution in [0, 0.1) is 6.92 Å². The quantitative estimate of drug-likeness (QED) is 0.795. The van der Waals surface area contributed by atoms with Crippen LogP contribution in [0.5, 0.6) is 5.75 Å². The molecule has 106 valence electrons. The Morgan fingerprint density at radius 2 is 2.19 bits per heavy atom. The summed E-state index contributed by atoms with van der Waals surface area (Å²) in [4.78, 5) is 19.4. The highest BCUT2D eigenvalue weighted by molar-refractivity contribution is 5.93.